The van der Waals surface area contributed by atoms with Crippen molar-refractivity contribution < 1.29 is 26.3 Å². The molecule has 0 fully saturated rings. The van der Waals surface area contributed by atoms with Crippen LogP contribution in [0.15, 0.2) is 29.3 Å². The zero-order chi connectivity index (χ0) is 20.5. The van der Waals surface area contributed by atoms with E-state index in [0.29, 0.717) is 18.9 Å². The molecule has 0 spiro atoms. The Morgan fingerprint density at radius 1 is 1.30 bits per heavy atom. The number of aliphatic imine (C=N–C) groups is 1. The van der Waals surface area contributed by atoms with Gasteiger partial charge in [0.1, 0.15) is 11.9 Å². The summed E-state index contributed by atoms with van der Waals surface area (Å²) in [6.45, 7) is 4.47. The van der Waals surface area contributed by atoms with E-state index in [9.17, 15) is 21.6 Å². The van der Waals surface area contributed by atoms with E-state index in [2.05, 4.69) is 15.6 Å². The Labute approximate surface area is 157 Å². The zero-order valence-electron chi connectivity index (χ0n) is 15.2. The summed E-state index contributed by atoms with van der Waals surface area (Å²) < 4.78 is 65.9. The molecule has 0 aliphatic carbocycles. The van der Waals surface area contributed by atoms with Gasteiger partial charge < -0.3 is 15.4 Å². The van der Waals surface area contributed by atoms with Gasteiger partial charge in [0.05, 0.1) is 17.9 Å². The molecule has 0 heterocycles. The van der Waals surface area contributed by atoms with E-state index in [1.807, 2.05) is 13.8 Å². The second kappa shape index (κ2) is 10.4. The van der Waals surface area contributed by atoms with Crippen molar-refractivity contribution in [3.63, 3.8) is 0 Å². The third-order valence-electron chi connectivity index (χ3n) is 3.40. The van der Waals surface area contributed by atoms with Crippen molar-refractivity contribution in [2.75, 3.05) is 25.4 Å². The van der Waals surface area contributed by atoms with Gasteiger partial charge in [-0.05, 0) is 31.5 Å². The van der Waals surface area contributed by atoms with Crippen molar-refractivity contribution in [1.29, 1.82) is 0 Å². The van der Waals surface area contributed by atoms with Crippen LogP contribution in [-0.4, -0.2) is 45.9 Å². The van der Waals surface area contributed by atoms with Gasteiger partial charge in [-0.2, -0.15) is 13.2 Å². The second-order valence-corrected chi connectivity index (χ2v) is 7.42. The monoisotopic (exact) mass is 410 g/mol. The predicted octanol–water partition coefficient (Wildman–Crippen LogP) is 1.71. The van der Waals surface area contributed by atoms with Crippen LogP contribution in [0.1, 0.15) is 25.8 Å². The van der Waals surface area contributed by atoms with E-state index >= 15 is 0 Å². The van der Waals surface area contributed by atoms with Crippen molar-refractivity contribution in [2.24, 2.45) is 10.1 Å². The molecule has 0 bridgehead atoms. The minimum absolute atomic E-state index is 0.0793. The van der Waals surface area contributed by atoms with E-state index in [0.717, 1.165) is 12.1 Å². The molecule has 0 amide bonds. The van der Waals surface area contributed by atoms with Crippen molar-refractivity contribution in [3.05, 3.63) is 29.8 Å². The highest BCUT2D eigenvalue weighted by molar-refractivity contribution is 7.89. The van der Waals surface area contributed by atoms with Gasteiger partial charge in [0, 0.05) is 13.1 Å². The Morgan fingerprint density at radius 3 is 2.56 bits per heavy atom. The summed E-state index contributed by atoms with van der Waals surface area (Å²) in [4.78, 5) is 4.28. The minimum Gasteiger partial charge on any atom is -0.488 e. The molecule has 1 unspecified atom stereocenters. The summed E-state index contributed by atoms with van der Waals surface area (Å²) >= 11 is 0. The van der Waals surface area contributed by atoms with Crippen LogP contribution in [0.2, 0.25) is 0 Å². The zero-order valence-corrected chi connectivity index (χ0v) is 16.0. The number of hydrogen-bond acceptors (Lipinski definition) is 4. The van der Waals surface area contributed by atoms with Crippen LogP contribution in [0.25, 0.3) is 0 Å². The number of sulfonamides is 1. The van der Waals surface area contributed by atoms with Gasteiger partial charge in [0.2, 0.25) is 10.0 Å². The lowest BCUT2D eigenvalue weighted by Crippen LogP contribution is -2.41. The number of ether oxygens (including phenoxy) is 1. The molecule has 0 aliphatic rings. The molecule has 154 valence electrons. The highest BCUT2D eigenvalue weighted by Gasteiger charge is 2.30. The van der Waals surface area contributed by atoms with Gasteiger partial charge in [-0.25, -0.2) is 18.5 Å². The topological polar surface area (TPSA) is 106 Å². The van der Waals surface area contributed by atoms with E-state index < -0.39 is 27.9 Å². The first kappa shape index (κ1) is 23.0. The minimum atomic E-state index is -4.44. The van der Waals surface area contributed by atoms with Crippen LogP contribution in [-0.2, 0) is 16.2 Å². The Balaban J connectivity index is 2.73. The summed E-state index contributed by atoms with van der Waals surface area (Å²) in [5.41, 5.74) is -0.781. The highest BCUT2D eigenvalue weighted by Crippen LogP contribution is 2.31. The third-order valence-corrected chi connectivity index (χ3v) is 4.17. The molecular formula is C16H25F3N4O3S. The maximum atomic E-state index is 12.8. The fourth-order valence-corrected chi connectivity index (χ4v) is 2.42. The van der Waals surface area contributed by atoms with Crippen molar-refractivity contribution >= 4 is 16.0 Å². The normalized spacial score (nSPS) is 13.9. The van der Waals surface area contributed by atoms with Crippen LogP contribution in [0, 0.1) is 0 Å². The molecule has 1 rings (SSSR count). The molecule has 11 heteroatoms. The van der Waals surface area contributed by atoms with Gasteiger partial charge >= 0.3 is 6.18 Å². The lowest BCUT2D eigenvalue weighted by Gasteiger charge is -2.18. The summed E-state index contributed by atoms with van der Waals surface area (Å²) in [6.07, 6.45) is -4.36. The molecule has 0 radical (unpaired) electrons. The average Bonchev–Trinajstić information content (AvgIpc) is 2.56. The number of nitrogens with zero attached hydrogens (tertiary/aromatic N) is 1. The smallest absolute Gasteiger partial charge is 0.416 e. The first-order valence-electron chi connectivity index (χ1n) is 8.41. The van der Waals surface area contributed by atoms with Crippen LogP contribution in [0.4, 0.5) is 13.2 Å². The maximum Gasteiger partial charge on any atom is 0.416 e. The lowest BCUT2D eigenvalue weighted by atomic mass is 10.2. The number of nitrogens with one attached hydrogen (secondary N) is 2. The van der Waals surface area contributed by atoms with Gasteiger partial charge in [-0.3, -0.25) is 0 Å². The second-order valence-electron chi connectivity index (χ2n) is 5.69. The Morgan fingerprint density at radius 2 is 2.00 bits per heavy atom. The molecule has 0 aromatic heterocycles. The lowest BCUT2D eigenvalue weighted by molar-refractivity contribution is -0.137. The molecule has 4 N–H and O–H groups in total. The SMILES string of the molecule is CCNC(=NCC(CC)Oc1cccc(C(F)(F)F)c1)NCCS(N)(=O)=O. The standard InChI is InChI=1S/C16H25F3N4O3S/c1-3-13(26-14-7-5-6-12(10-14)16(17,18)19)11-23-15(21-4-2)22-8-9-27(20,24)25/h5-7,10,13H,3-4,8-9,11H2,1-2H3,(H2,20,24,25)(H2,21,22,23). The Kier molecular flexibility index (Phi) is 8.83. The molecule has 1 atom stereocenters. The van der Waals surface area contributed by atoms with E-state index in [4.69, 9.17) is 9.88 Å². The molecule has 27 heavy (non-hydrogen) atoms. The number of hydrogen-bond donors (Lipinski definition) is 3. The average molecular weight is 410 g/mol. The van der Waals surface area contributed by atoms with Gasteiger partial charge in [-0.15, -0.1) is 0 Å². The van der Waals surface area contributed by atoms with Crippen molar-refractivity contribution in [1.82, 2.24) is 10.6 Å². The Bertz CT molecular complexity index is 724. The Hall–Kier alpha value is -2.01. The fourth-order valence-electron chi connectivity index (χ4n) is 2.03. The third kappa shape index (κ3) is 9.48. The quantitative estimate of drug-likeness (QED) is 0.425. The molecule has 0 saturated carbocycles. The summed E-state index contributed by atoms with van der Waals surface area (Å²) in [5, 5.41) is 10.7. The van der Waals surface area contributed by atoms with E-state index in [1.165, 1.54) is 12.1 Å². The number of primary sulfonamides is 1. The van der Waals surface area contributed by atoms with E-state index in [-0.39, 0.29) is 24.6 Å². The predicted molar refractivity (Wildman–Crippen MR) is 98.1 cm³/mol. The summed E-state index contributed by atoms with van der Waals surface area (Å²) in [6, 6.07) is 4.66. The number of benzene rings is 1. The van der Waals surface area contributed by atoms with Crippen LogP contribution < -0.4 is 20.5 Å². The number of guanidine groups is 1. The first-order chi connectivity index (χ1) is 12.5. The molecular weight excluding hydrogens is 385 g/mol. The number of halogens is 3. The fraction of sp³-hybridized carbons (Fsp3) is 0.562. The van der Waals surface area contributed by atoms with Crippen LogP contribution >= 0.6 is 0 Å². The van der Waals surface area contributed by atoms with E-state index in [1.54, 1.807) is 0 Å². The van der Waals surface area contributed by atoms with Crippen molar-refractivity contribution in [2.45, 2.75) is 32.5 Å². The maximum absolute atomic E-state index is 12.8. The molecule has 7 nitrogen and oxygen atoms in total. The molecule has 0 aliphatic heterocycles. The molecule has 1 aromatic rings. The summed E-state index contributed by atoms with van der Waals surface area (Å²) in [7, 11) is -3.59. The largest absolute Gasteiger partial charge is 0.488 e. The number of alkyl halides is 3. The highest BCUT2D eigenvalue weighted by atomic mass is 32.2. The first-order valence-corrected chi connectivity index (χ1v) is 10.1. The number of rotatable bonds is 9. The van der Waals surface area contributed by atoms with Gasteiger partial charge in [0.25, 0.3) is 0 Å². The summed E-state index contributed by atoms with van der Waals surface area (Å²) in [5.74, 6) is 0.223. The van der Waals surface area contributed by atoms with Gasteiger partial charge in [0.15, 0.2) is 5.96 Å². The van der Waals surface area contributed by atoms with Crippen LogP contribution in [0.5, 0.6) is 5.75 Å². The molecule has 1 aromatic carbocycles. The van der Waals surface area contributed by atoms with Crippen LogP contribution in [0.3, 0.4) is 0 Å². The molecule has 0 saturated heterocycles. The number of nitrogens with two attached hydrogens (primary N) is 1. The van der Waals surface area contributed by atoms with Crippen molar-refractivity contribution in [3.8, 4) is 5.75 Å². The van der Waals surface area contributed by atoms with Gasteiger partial charge in [-0.1, -0.05) is 13.0 Å².